The number of amides is 2. The fraction of sp³-hybridized carbons (Fsp3) is 0.619. The van der Waals surface area contributed by atoms with Crippen molar-refractivity contribution < 1.29 is 14.3 Å². The number of hydrogen-bond donors (Lipinski definition) is 3. The number of rotatable bonds is 7. The number of benzene rings is 1. The molecule has 1 atom stereocenters. The lowest BCUT2D eigenvalue weighted by Gasteiger charge is -2.30. The molecule has 1 aromatic carbocycles. The van der Waals surface area contributed by atoms with E-state index < -0.39 is 6.04 Å². The van der Waals surface area contributed by atoms with Crippen molar-refractivity contribution in [2.45, 2.75) is 38.1 Å². The van der Waals surface area contributed by atoms with Crippen LogP contribution in [0.2, 0.25) is 0 Å². The number of nitrogens with two attached hydrogens (primary N) is 2. The number of hydrogen-bond acceptors (Lipinski definition) is 5. The molecule has 30 heavy (non-hydrogen) atoms. The molecule has 2 aliphatic rings. The van der Waals surface area contributed by atoms with Crippen LogP contribution >= 0.6 is 24.8 Å². The Balaban J connectivity index is 0.00000225. The minimum absolute atomic E-state index is 0. The summed E-state index contributed by atoms with van der Waals surface area (Å²) in [5.74, 6) is -0.0795. The molecule has 2 saturated heterocycles. The molecular weight excluding hydrogens is 427 g/mol. The van der Waals surface area contributed by atoms with Crippen LogP contribution in [0.15, 0.2) is 24.3 Å². The van der Waals surface area contributed by atoms with Crippen molar-refractivity contribution in [3.63, 3.8) is 0 Å². The smallest absolute Gasteiger partial charge is 0.241 e. The summed E-state index contributed by atoms with van der Waals surface area (Å²) in [4.78, 5) is 26.0. The first-order valence-corrected chi connectivity index (χ1v) is 10.3. The maximum Gasteiger partial charge on any atom is 0.241 e. The van der Waals surface area contributed by atoms with Crippen molar-refractivity contribution in [1.29, 1.82) is 0 Å². The molecule has 7 nitrogen and oxygen atoms in total. The Morgan fingerprint density at radius 1 is 1.07 bits per heavy atom. The van der Waals surface area contributed by atoms with Gasteiger partial charge in [-0.1, -0.05) is 12.1 Å². The van der Waals surface area contributed by atoms with E-state index in [-0.39, 0.29) is 48.5 Å². The second-order valence-electron chi connectivity index (χ2n) is 7.93. The summed E-state index contributed by atoms with van der Waals surface area (Å²) in [6.45, 7) is 4.17. The molecule has 5 N–H and O–H groups in total. The highest BCUT2D eigenvalue weighted by molar-refractivity contribution is 5.94. The quantitative estimate of drug-likeness (QED) is 0.575. The number of carbonyl (C=O) groups is 2. The maximum atomic E-state index is 12.4. The SMILES string of the molecule is Cl.Cl.NC(=O)C1CCN(CCc2ccc(NC(=O)C(N)C3CCOCC3)cc2)CC1. The van der Waals surface area contributed by atoms with Crippen LogP contribution in [0.4, 0.5) is 5.69 Å². The molecule has 2 heterocycles. The van der Waals surface area contributed by atoms with Crippen LogP contribution in [0, 0.1) is 11.8 Å². The third-order valence-electron chi connectivity index (χ3n) is 6.00. The van der Waals surface area contributed by atoms with Crippen molar-refractivity contribution in [1.82, 2.24) is 4.90 Å². The van der Waals surface area contributed by atoms with E-state index in [1.54, 1.807) is 0 Å². The highest BCUT2D eigenvalue weighted by Crippen LogP contribution is 2.20. The van der Waals surface area contributed by atoms with Gasteiger partial charge in [0, 0.05) is 31.4 Å². The second kappa shape index (κ2) is 13.1. The Morgan fingerprint density at radius 3 is 2.23 bits per heavy atom. The van der Waals surface area contributed by atoms with Gasteiger partial charge in [-0.2, -0.15) is 0 Å². The van der Waals surface area contributed by atoms with Gasteiger partial charge in [0.2, 0.25) is 11.8 Å². The Labute approximate surface area is 191 Å². The summed E-state index contributed by atoms with van der Waals surface area (Å²) < 4.78 is 5.33. The summed E-state index contributed by atoms with van der Waals surface area (Å²) in [5.41, 5.74) is 13.5. The normalized spacial score (nSPS) is 19.2. The zero-order valence-electron chi connectivity index (χ0n) is 17.3. The van der Waals surface area contributed by atoms with Crippen LogP contribution in [0.5, 0.6) is 0 Å². The number of ether oxygens (including phenoxy) is 1. The molecule has 0 aromatic heterocycles. The van der Waals surface area contributed by atoms with E-state index in [4.69, 9.17) is 16.2 Å². The molecule has 2 aliphatic heterocycles. The van der Waals surface area contributed by atoms with E-state index in [0.29, 0.717) is 13.2 Å². The topological polar surface area (TPSA) is 111 Å². The fourth-order valence-electron chi connectivity index (χ4n) is 4.00. The average molecular weight is 461 g/mol. The lowest BCUT2D eigenvalue weighted by molar-refractivity contribution is -0.123. The fourth-order valence-corrected chi connectivity index (χ4v) is 4.00. The summed E-state index contributed by atoms with van der Waals surface area (Å²) in [6, 6.07) is 7.47. The lowest BCUT2D eigenvalue weighted by atomic mass is 9.92. The van der Waals surface area contributed by atoms with Crippen molar-refractivity contribution in [3.05, 3.63) is 29.8 Å². The molecule has 3 rings (SSSR count). The molecule has 1 unspecified atom stereocenters. The summed E-state index contributed by atoms with van der Waals surface area (Å²) >= 11 is 0. The van der Waals surface area contributed by atoms with Crippen LogP contribution in [-0.2, 0) is 20.7 Å². The molecule has 170 valence electrons. The Kier molecular flexibility index (Phi) is 11.7. The van der Waals surface area contributed by atoms with Gasteiger partial charge in [-0.3, -0.25) is 9.59 Å². The number of nitrogens with zero attached hydrogens (tertiary/aromatic N) is 1. The van der Waals surface area contributed by atoms with E-state index in [1.165, 1.54) is 5.56 Å². The number of piperidine rings is 1. The number of anilines is 1. The molecule has 0 radical (unpaired) electrons. The molecule has 1 aromatic rings. The monoisotopic (exact) mass is 460 g/mol. The average Bonchev–Trinajstić information content (AvgIpc) is 2.73. The first-order chi connectivity index (χ1) is 13.5. The van der Waals surface area contributed by atoms with Crippen molar-refractivity contribution in [2.75, 3.05) is 38.2 Å². The van der Waals surface area contributed by atoms with E-state index >= 15 is 0 Å². The van der Waals surface area contributed by atoms with E-state index in [9.17, 15) is 9.59 Å². The van der Waals surface area contributed by atoms with Gasteiger partial charge in [0.25, 0.3) is 0 Å². The van der Waals surface area contributed by atoms with Crippen LogP contribution in [0.25, 0.3) is 0 Å². The second-order valence-corrected chi connectivity index (χ2v) is 7.93. The number of likely N-dealkylation sites (tertiary alicyclic amines) is 1. The molecule has 9 heteroatoms. The minimum atomic E-state index is -0.494. The van der Waals surface area contributed by atoms with E-state index in [1.807, 2.05) is 24.3 Å². The molecule has 0 spiro atoms. The molecule has 0 saturated carbocycles. The largest absolute Gasteiger partial charge is 0.381 e. The maximum absolute atomic E-state index is 12.4. The zero-order chi connectivity index (χ0) is 19.9. The Hall–Kier alpha value is -1.38. The van der Waals surface area contributed by atoms with Crippen molar-refractivity contribution in [3.8, 4) is 0 Å². The van der Waals surface area contributed by atoms with Crippen LogP contribution in [-0.4, -0.2) is 55.6 Å². The van der Waals surface area contributed by atoms with Gasteiger partial charge in [-0.25, -0.2) is 0 Å². The van der Waals surface area contributed by atoms with Crippen LogP contribution in [0.3, 0.4) is 0 Å². The molecular formula is C21H34Cl2N4O3. The van der Waals surface area contributed by atoms with Gasteiger partial charge in [-0.15, -0.1) is 24.8 Å². The van der Waals surface area contributed by atoms with E-state index in [2.05, 4.69) is 10.2 Å². The van der Waals surface area contributed by atoms with Gasteiger partial charge >= 0.3 is 0 Å². The van der Waals surface area contributed by atoms with Gasteiger partial charge in [-0.05, 0) is 68.8 Å². The molecule has 2 amide bonds. The Morgan fingerprint density at radius 2 is 1.67 bits per heavy atom. The molecule has 2 fully saturated rings. The van der Waals surface area contributed by atoms with Gasteiger partial charge < -0.3 is 26.4 Å². The van der Waals surface area contributed by atoms with Crippen LogP contribution < -0.4 is 16.8 Å². The summed E-state index contributed by atoms with van der Waals surface area (Å²) in [7, 11) is 0. The zero-order valence-corrected chi connectivity index (χ0v) is 18.9. The minimum Gasteiger partial charge on any atom is -0.381 e. The third-order valence-corrected chi connectivity index (χ3v) is 6.00. The summed E-state index contributed by atoms with van der Waals surface area (Å²) in [5, 5.41) is 2.93. The predicted molar refractivity (Wildman–Crippen MR) is 123 cm³/mol. The molecule has 0 aliphatic carbocycles. The standard InChI is InChI=1S/C21H32N4O3.2ClH/c22-19(16-8-13-28-14-9-16)21(27)24-18-3-1-15(2-4-18)5-10-25-11-6-17(7-12-25)20(23)26;;/h1-4,16-17,19H,5-14,22H2,(H2,23,26)(H,24,27);2*1H. The lowest BCUT2D eigenvalue weighted by Crippen LogP contribution is -2.44. The first-order valence-electron chi connectivity index (χ1n) is 10.3. The van der Waals surface area contributed by atoms with Crippen LogP contribution in [0.1, 0.15) is 31.2 Å². The third kappa shape index (κ3) is 7.71. The highest BCUT2D eigenvalue weighted by Gasteiger charge is 2.26. The highest BCUT2D eigenvalue weighted by atomic mass is 35.5. The van der Waals surface area contributed by atoms with Crippen molar-refractivity contribution in [2.24, 2.45) is 23.3 Å². The number of nitrogens with one attached hydrogen (secondary N) is 1. The molecule has 0 bridgehead atoms. The number of primary amides is 1. The predicted octanol–water partition coefficient (Wildman–Crippen LogP) is 1.96. The van der Waals surface area contributed by atoms with Gasteiger partial charge in [0.1, 0.15) is 0 Å². The van der Waals surface area contributed by atoms with Crippen molar-refractivity contribution >= 4 is 42.3 Å². The number of halogens is 2. The number of carbonyl (C=O) groups excluding carboxylic acids is 2. The van der Waals surface area contributed by atoms with Gasteiger partial charge in [0.15, 0.2) is 0 Å². The first kappa shape index (κ1) is 26.7. The Bertz CT molecular complexity index is 661. The summed E-state index contributed by atoms with van der Waals surface area (Å²) in [6.07, 6.45) is 4.33. The van der Waals surface area contributed by atoms with Gasteiger partial charge in [0.05, 0.1) is 6.04 Å². The van der Waals surface area contributed by atoms with E-state index in [0.717, 1.165) is 57.4 Å².